The molecule has 170 valence electrons. The van der Waals surface area contributed by atoms with Gasteiger partial charge in [-0.15, -0.1) is 11.3 Å². The highest BCUT2D eigenvalue weighted by molar-refractivity contribution is 8.01. The van der Waals surface area contributed by atoms with E-state index in [1.54, 1.807) is 30.3 Å². The zero-order valence-electron chi connectivity index (χ0n) is 17.8. The molecule has 0 radical (unpaired) electrons. The second-order valence-electron chi connectivity index (χ2n) is 7.55. The number of aromatic nitrogens is 1. The summed E-state index contributed by atoms with van der Waals surface area (Å²) in [4.78, 5) is 16.7. The Bertz CT molecular complexity index is 1630. The monoisotopic (exact) mass is 506 g/mol. The second-order valence-corrected chi connectivity index (χ2v) is 11.6. The summed E-state index contributed by atoms with van der Waals surface area (Å²) in [5.74, 6) is -0.0773. The highest BCUT2D eigenvalue weighted by atomic mass is 32.2. The van der Waals surface area contributed by atoms with Crippen LogP contribution in [0, 0.1) is 0 Å². The number of ketones is 1. The summed E-state index contributed by atoms with van der Waals surface area (Å²) >= 11 is 2.78. The van der Waals surface area contributed by atoms with Crippen LogP contribution in [0.5, 0.6) is 5.75 Å². The van der Waals surface area contributed by atoms with Crippen molar-refractivity contribution in [2.24, 2.45) is 0 Å². The summed E-state index contributed by atoms with van der Waals surface area (Å²) in [7, 11) is -3.94. The number of nitrogens with one attached hydrogen (secondary N) is 1. The largest absolute Gasteiger partial charge is 0.506 e. The maximum atomic E-state index is 13.1. The maximum Gasteiger partial charge on any atom is 0.261 e. The third kappa shape index (κ3) is 4.25. The molecular weight excluding hydrogens is 488 g/mol. The lowest BCUT2D eigenvalue weighted by Gasteiger charge is -2.14. The lowest BCUT2D eigenvalue weighted by Crippen LogP contribution is -2.13. The van der Waals surface area contributed by atoms with Crippen molar-refractivity contribution in [1.29, 1.82) is 0 Å². The summed E-state index contributed by atoms with van der Waals surface area (Å²) in [6, 6.07) is 22.2. The fraction of sp³-hybridized carbons (Fsp3) is 0.0400. The Morgan fingerprint density at radius 2 is 1.65 bits per heavy atom. The van der Waals surface area contributed by atoms with Gasteiger partial charge in [0, 0.05) is 16.3 Å². The van der Waals surface area contributed by atoms with Gasteiger partial charge in [-0.3, -0.25) is 9.52 Å². The van der Waals surface area contributed by atoms with Gasteiger partial charge in [0.05, 0.1) is 25.7 Å². The number of fused-ring (bicyclic) bond motifs is 2. The molecule has 0 spiro atoms. The lowest BCUT2D eigenvalue weighted by molar-refractivity contribution is 0.101. The number of Topliss-reactive ketones (excluding diaryl/α,β-unsaturated/α-hetero) is 1. The van der Waals surface area contributed by atoms with Crippen molar-refractivity contribution < 1.29 is 18.3 Å². The minimum absolute atomic E-state index is 0.0371. The normalized spacial score (nSPS) is 11.7. The molecule has 9 heteroatoms. The van der Waals surface area contributed by atoms with E-state index in [9.17, 15) is 18.3 Å². The van der Waals surface area contributed by atoms with Gasteiger partial charge in [-0.2, -0.15) is 0 Å². The van der Waals surface area contributed by atoms with E-state index >= 15 is 0 Å². The quantitative estimate of drug-likeness (QED) is 0.207. The number of benzene rings is 4. The number of hydrogen-bond donors (Lipinski definition) is 2. The van der Waals surface area contributed by atoms with Gasteiger partial charge >= 0.3 is 0 Å². The summed E-state index contributed by atoms with van der Waals surface area (Å²) in [6.45, 7) is 1.43. The molecule has 0 bridgehead atoms. The molecule has 0 saturated carbocycles. The molecule has 1 aromatic heterocycles. The van der Waals surface area contributed by atoms with E-state index in [1.165, 1.54) is 54.3 Å². The fourth-order valence-corrected chi connectivity index (χ4v) is 6.75. The van der Waals surface area contributed by atoms with Crippen molar-refractivity contribution in [3.05, 3.63) is 84.4 Å². The first-order chi connectivity index (χ1) is 16.3. The van der Waals surface area contributed by atoms with Crippen LogP contribution >= 0.6 is 23.1 Å². The van der Waals surface area contributed by atoms with E-state index in [4.69, 9.17) is 0 Å². The second kappa shape index (κ2) is 8.75. The van der Waals surface area contributed by atoms with Gasteiger partial charge in [0.15, 0.2) is 10.1 Å². The molecule has 6 nitrogen and oxygen atoms in total. The first-order valence-electron chi connectivity index (χ1n) is 10.2. The highest BCUT2D eigenvalue weighted by Gasteiger charge is 2.20. The molecule has 0 saturated heterocycles. The lowest BCUT2D eigenvalue weighted by atomic mass is 10.1. The van der Waals surface area contributed by atoms with E-state index in [0.717, 1.165) is 14.6 Å². The number of phenolic OH excluding ortho intramolecular Hbond substituents is 1. The van der Waals surface area contributed by atoms with Crippen LogP contribution in [0.1, 0.15) is 17.3 Å². The number of carbonyl (C=O) groups excluding carboxylic acids is 1. The standard InChI is InChI=1S/C25H18N2O4S3/c1-15(28)16-10-12-17(13-11-16)34(30,31)27-21-14-23(24(29)19-7-3-2-6-18(19)21)33-25-26-20-8-4-5-9-22(20)32-25/h2-14,27,29H,1H3. The van der Waals surface area contributed by atoms with Crippen LogP contribution in [0.2, 0.25) is 0 Å². The molecule has 0 amide bonds. The van der Waals surface area contributed by atoms with E-state index in [-0.39, 0.29) is 16.4 Å². The molecular formula is C25H18N2O4S3. The van der Waals surface area contributed by atoms with Crippen molar-refractivity contribution in [2.45, 2.75) is 21.1 Å². The zero-order chi connectivity index (χ0) is 23.9. The van der Waals surface area contributed by atoms with E-state index in [1.807, 2.05) is 24.3 Å². The Balaban J connectivity index is 1.56. The van der Waals surface area contributed by atoms with Gasteiger partial charge in [0.25, 0.3) is 10.0 Å². The number of nitrogens with zero attached hydrogens (tertiary/aromatic N) is 1. The van der Waals surface area contributed by atoms with Gasteiger partial charge < -0.3 is 5.11 Å². The smallest absolute Gasteiger partial charge is 0.261 e. The molecule has 34 heavy (non-hydrogen) atoms. The van der Waals surface area contributed by atoms with Crippen molar-refractivity contribution >= 4 is 65.6 Å². The zero-order valence-corrected chi connectivity index (χ0v) is 20.3. The van der Waals surface area contributed by atoms with Crippen LogP contribution < -0.4 is 4.72 Å². The van der Waals surface area contributed by atoms with Gasteiger partial charge in [0.1, 0.15) is 5.75 Å². The number of rotatable bonds is 6. The van der Waals surface area contributed by atoms with Crippen LogP contribution in [0.4, 0.5) is 5.69 Å². The molecule has 5 rings (SSSR count). The van der Waals surface area contributed by atoms with Crippen molar-refractivity contribution in [2.75, 3.05) is 4.72 Å². The van der Waals surface area contributed by atoms with Crippen molar-refractivity contribution in [3.8, 4) is 5.75 Å². The van der Waals surface area contributed by atoms with Crippen molar-refractivity contribution in [3.63, 3.8) is 0 Å². The molecule has 0 aliphatic carbocycles. The predicted molar refractivity (Wildman–Crippen MR) is 137 cm³/mol. The molecule has 0 fully saturated rings. The molecule has 4 aromatic carbocycles. The number of thiazole rings is 1. The number of carbonyl (C=O) groups is 1. The fourth-order valence-electron chi connectivity index (χ4n) is 3.56. The summed E-state index contributed by atoms with van der Waals surface area (Å²) in [5.41, 5.74) is 1.64. The van der Waals surface area contributed by atoms with Crippen LogP contribution in [0.3, 0.4) is 0 Å². The molecule has 0 atom stereocenters. The number of aromatic hydroxyl groups is 1. The summed E-state index contributed by atoms with van der Waals surface area (Å²) in [5, 5.41) is 12.0. The van der Waals surface area contributed by atoms with Gasteiger partial charge in [-0.1, -0.05) is 60.3 Å². The summed E-state index contributed by atoms with van der Waals surface area (Å²) in [6.07, 6.45) is 0. The number of para-hydroxylation sites is 1. The Morgan fingerprint density at radius 3 is 2.35 bits per heavy atom. The Labute approximate surface area is 204 Å². The number of anilines is 1. The van der Waals surface area contributed by atoms with Crippen LogP contribution in [0.25, 0.3) is 21.0 Å². The third-order valence-electron chi connectivity index (χ3n) is 5.27. The number of sulfonamides is 1. The number of hydrogen-bond acceptors (Lipinski definition) is 7. The van der Waals surface area contributed by atoms with E-state index in [0.29, 0.717) is 26.9 Å². The maximum absolute atomic E-state index is 13.1. The first-order valence-corrected chi connectivity index (χ1v) is 13.4. The topological polar surface area (TPSA) is 96.4 Å². The van der Waals surface area contributed by atoms with Crippen molar-refractivity contribution in [1.82, 2.24) is 4.98 Å². The average molecular weight is 507 g/mol. The van der Waals surface area contributed by atoms with Gasteiger partial charge in [0.2, 0.25) is 0 Å². The van der Waals surface area contributed by atoms with Gasteiger partial charge in [-0.25, -0.2) is 13.4 Å². The van der Waals surface area contributed by atoms with Crippen LogP contribution in [-0.2, 0) is 10.0 Å². The number of phenols is 1. The highest BCUT2D eigenvalue weighted by Crippen LogP contribution is 2.44. The Kier molecular flexibility index (Phi) is 5.76. The molecule has 0 aliphatic heterocycles. The average Bonchev–Trinajstić information content (AvgIpc) is 3.24. The van der Waals surface area contributed by atoms with Crippen LogP contribution in [0.15, 0.2) is 93.0 Å². The molecule has 5 aromatic rings. The SMILES string of the molecule is CC(=O)c1ccc(S(=O)(=O)Nc2cc(Sc3nc4ccccc4s3)c(O)c3ccccc23)cc1. The molecule has 0 unspecified atom stereocenters. The first kappa shape index (κ1) is 22.4. The molecule has 2 N–H and O–H groups in total. The van der Waals surface area contributed by atoms with E-state index in [2.05, 4.69) is 9.71 Å². The minimum atomic E-state index is -3.94. The predicted octanol–water partition coefficient (Wildman–Crippen LogP) is 6.31. The third-order valence-corrected chi connectivity index (χ3v) is 8.78. The Morgan fingerprint density at radius 1 is 0.971 bits per heavy atom. The van der Waals surface area contributed by atoms with E-state index < -0.39 is 10.0 Å². The van der Waals surface area contributed by atoms with Gasteiger partial charge in [-0.05, 0) is 37.3 Å². The Hall–Kier alpha value is -3.40. The van der Waals surface area contributed by atoms with Crippen LogP contribution in [-0.4, -0.2) is 24.3 Å². The molecule has 0 aliphatic rings. The molecule has 1 heterocycles. The summed E-state index contributed by atoms with van der Waals surface area (Å²) < 4.78 is 30.7. The minimum Gasteiger partial charge on any atom is -0.506 e.